The first-order valence-corrected chi connectivity index (χ1v) is 13.9. The lowest BCUT2D eigenvalue weighted by molar-refractivity contribution is 0.319. The van der Waals surface area contributed by atoms with Crippen LogP contribution < -0.4 is 21.7 Å². The fourth-order valence-electron chi connectivity index (χ4n) is 3.27. The van der Waals surface area contributed by atoms with Gasteiger partial charge in [-0.3, -0.25) is 5.32 Å². The monoisotopic (exact) mass is 594 g/mol. The van der Waals surface area contributed by atoms with Gasteiger partial charge in [0.1, 0.15) is 5.69 Å². The minimum atomic E-state index is -3.59. The fraction of sp³-hybridized carbons (Fsp3) is 0.0833. The summed E-state index contributed by atoms with van der Waals surface area (Å²) in [5, 5.41) is 34.9. The van der Waals surface area contributed by atoms with E-state index in [4.69, 9.17) is 16.1 Å². The summed E-state index contributed by atoms with van der Waals surface area (Å²) in [6.45, 7) is -0.474. The maximum Gasteiger partial charge on any atom is 0.242 e. The molecule has 6 N–H and O–H groups in total. The Morgan fingerprint density at radius 1 is 0.950 bits per heavy atom. The number of aromatic nitrogens is 3. The zero-order valence-electron chi connectivity index (χ0n) is 20.5. The second-order valence-electron chi connectivity index (χ2n) is 8.01. The third-order valence-electron chi connectivity index (χ3n) is 5.13. The van der Waals surface area contributed by atoms with Crippen LogP contribution in [0.2, 0.25) is 0 Å². The van der Waals surface area contributed by atoms with Gasteiger partial charge < -0.3 is 21.5 Å². The van der Waals surface area contributed by atoms with E-state index in [9.17, 15) is 8.42 Å². The molecule has 3 aromatic carbocycles. The van der Waals surface area contributed by atoms with E-state index < -0.39 is 16.4 Å². The third kappa shape index (κ3) is 7.36. The summed E-state index contributed by atoms with van der Waals surface area (Å²) in [7, 11) is -3.59. The molecule has 0 aliphatic rings. The lowest BCUT2D eigenvalue weighted by Gasteiger charge is -2.12. The van der Waals surface area contributed by atoms with Gasteiger partial charge in [-0.1, -0.05) is 6.07 Å². The van der Waals surface area contributed by atoms with Gasteiger partial charge >= 0.3 is 0 Å². The van der Waals surface area contributed by atoms with Gasteiger partial charge in [0.25, 0.3) is 0 Å². The Labute approximate surface area is 240 Å². The van der Waals surface area contributed by atoms with E-state index in [-0.39, 0.29) is 28.5 Å². The number of rotatable bonds is 10. The number of benzene rings is 3. The van der Waals surface area contributed by atoms with Gasteiger partial charge in [0.15, 0.2) is 16.0 Å². The highest BCUT2D eigenvalue weighted by molar-refractivity contribution is 7.91. The number of hydrogen-bond acceptors (Lipinski definition) is 15. The third-order valence-corrected chi connectivity index (χ3v) is 7.50. The second kappa shape index (κ2) is 12.6. The van der Waals surface area contributed by atoms with Gasteiger partial charge in [-0.25, -0.2) is 8.42 Å². The van der Waals surface area contributed by atoms with Gasteiger partial charge in [0, 0.05) is 21.2 Å². The van der Waals surface area contributed by atoms with Crippen molar-refractivity contribution >= 4 is 81.4 Å². The Morgan fingerprint density at radius 3 is 2.33 bits per heavy atom. The van der Waals surface area contributed by atoms with Crippen molar-refractivity contribution < 1.29 is 13.5 Å². The van der Waals surface area contributed by atoms with Crippen LogP contribution in [0.5, 0.6) is 0 Å². The lowest BCUT2D eigenvalue weighted by atomic mass is 10.2. The summed E-state index contributed by atoms with van der Waals surface area (Å²) in [4.78, 5) is 14.0. The molecule has 1 heterocycles. The number of thiol groups is 2. The number of nitrogens with one attached hydrogen (secondary N) is 3. The molecule has 0 aliphatic heterocycles. The lowest BCUT2D eigenvalue weighted by Crippen LogP contribution is -2.09. The molecule has 40 heavy (non-hydrogen) atoms. The molecule has 204 valence electrons. The smallest absolute Gasteiger partial charge is 0.242 e. The molecule has 0 saturated heterocycles. The van der Waals surface area contributed by atoms with Crippen molar-refractivity contribution in [2.24, 2.45) is 10.2 Å². The highest BCUT2D eigenvalue weighted by atomic mass is 32.2. The van der Waals surface area contributed by atoms with Crippen molar-refractivity contribution in [1.29, 1.82) is 5.26 Å². The Kier molecular flexibility index (Phi) is 9.01. The first kappa shape index (κ1) is 28.6. The number of azo groups is 1. The summed E-state index contributed by atoms with van der Waals surface area (Å²) in [5.74, 6) is -0.172. The number of nitrogens with zero attached hydrogens (tertiary/aromatic N) is 6. The van der Waals surface area contributed by atoms with Crippen molar-refractivity contribution in [3.63, 3.8) is 0 Å². The molecule has 13 nitrogen and oxygen atoms in total. The fourth-order valence-corrected chi connectivity index (χ4v) is 4.71. The summed E-state index contributed by atoms with van der Waals surface area (Å²) < 4.78 is 24.3. The van der Waals surface area contributed by atoms with Gasteiger partial charge in [0.05, 0.1) is 28.6 Å². The largest absolute Gasteiger partial charge is 0.398 e. The highest BCUT2D eigenvalue weighted by Crippen LogP contribution is 2.35. The molecule has 4 aromatic rings. The molecule has 1 aromatic heterocycles. The molecule has 0 saturated carbocycles. The van der Waals surface area contributed by atoms with Crippen LogP contribution in [0.15, 0.2) is 85.6 Å². The van der Waals surface area contributed by atoms with E-state index in [1.165, 1.54) is 24.3 Å². The van der Waals surface area contributed by atoms with Crippen LogP contribution in [0, 0.1) is 11.5 Å². The normalized spacial score (nSPS) is 11.2. The summed E-state index contributed by atoms with van der Waals surface area (Å²) in [5.41, 5.74) is 8.15. The zero-order chi connectivity index (χ0) is 28.7. The number of nitriles is 1. The van der Waals surface area contributed by atoms with Crippen LogP contribution >= 0.6 is 25.3 Å². The van der Waals surface area contributed by atoms with Crippen LogP contribution in [-0.4, -0.2) is 40.8 Å². The van der Waals surface area contributed by atoms with Gasteiger partial charge in [0.2, 0.25) is 17.8 Å². The summed E-state index contributed by atoms with van der Waals surface area (Å²) in [6.07, 6.45) is 1.78. The Hall–Kier alpha value is -4.43. The standard InChI is InChI=1S/C24H22N10O3S3/c25-13-27-22-30-23(28-15-2-1-3-16(38)10-15)32-24(31-22)29-19-11-18(26)21(39)12-20(19)34-33-14-4-6-17(7-5-14)40(36,37)9-8-35/h1-7,10-12,35,38-39H,8-9,26H2,(H3,27,28,29,30,31,32)/b34-33+. The molecule has 0 atom stereocenters. The van der Waals surface area contributed by atoms with Gasteiger partial charge in [-0.15, -0.1) is 30.4 Å². The van der Waals surface area contributed by atoms with Crippen molar-refractivity contribution in [2.75, 3.05) is 34.0 Å². The summed E-state index contributed by atoms with van der Waals surface area (Å²) >= 11 is 8.69. The summed E-state index contributed by atoms with van der Waals surface area (Å²) in [6, 6.07) is 16.1. The van der Waals surface area contributed by atoms with Crippen molar-refractivity contribution in [2.45, 2.75) is 14.7 Å². The predicted molar refractivity (Wildman–Crippen MR) is 157 cm³/mol. The molecule has 0 spiro atoms. The molecule has 0 aliphatic carbocycles. The van der Waals surface area contributed by atoms with Gasteiger partial charge in [-0.05, 0) is 54.6 Å². The number of anilines is 6. The molecule has 0 fully saturated rings. The van der Waals surface area contributed by atoms with E-state index in [1.807, 2.05) is 6.07 Å². The van der Waals surface area contributed by atoms with Crippen molar-refractivity contribution in [1.82, 2.24) is 15.0 Å². The Bertz CT molecular complexity index is 1710. The molecule has 0 radical (unpaired) electrons. The topological polar surface area (TPSA) is 204 Å². The maximum atomic E-state index is 12.1. The zero-order valence-corrected chi connectivity index (χ0v) is 23.1. The van der Waals surface area contributed by atoms with Crippen LogP contribution in [-0.2, 0) is 9.84 Å². The Balaban J connectivity index is 1.64. The van der Waals surface area contributed by atoms with E-state index in [0.29, 0.717) is 33.3 Å². The first-order chi connectivity index (χ1) is 19.2. The average molecular weight is 595 g/mol. The number of aliphatic hydroxyl groups excluding tert-OH is 1. The molecular formula is C24H22N10O3S3. The SMILES string of the molecule is N#CNc1nc(Nc2cccc(S)c2)nc(Nc2cc(N)c(S)cc2/N=N/c2ccc(S(=O)(=O)CCO)cc2)n1. The minimum absolute atomic E-state index is 0.0114. The van der Waals surface area contributed by atoms with Crippen molar-refractivity contribution in [3.05, 3.63) is 60.7 Å². The molecule has 0 amide bonds. The Morgan fingerprint density at radius 2 is 1.65 bits per heavy atom. The second-order valence-corrected chi connectivity index (χ2v) is 11.1. The molecule has 16 heteroatoms. The number of sulfone groups is 1. The van der Waals surface area contributed by atoms with E-state index in [0.717, 1.165) is 4.90 Å². The quantitative estimate of drug-likeness (QED) is 0.0444. The molecule has 4 rings (SSSR count). The number of nitrogens with two attached hydrogens (primary N) is 1. The van der Waals surface area contributed by atoms with Crippen LogP contribution in [0.1, 0.15) is 0 Å². The highest BCUT2D eigenvalue weighted by Gasteiger charge is 2.14. The average Bonchev–Trinajstić information content (AvgIpc) is 2.90. The molecular weight excluding hydrogens is 573 g/mol. The maximum absolute atomic E-state index is 12.1. The molecule has 0 unspecified atom stereocenters. The van der Waals surface area contributed by atoms with Crippen LogP contribution in [0.3, 0.4) is 0 Å². The first-order valence-electron chi connectivity index (χ1n) is 11.4. The van der Waals surface area contributed by atoms with E-state index >= 15 is 0 Å². The number of hydrogen-bond donors (Lipinski definition) is 7. The number of nitrogen functional groups attached to an aromatic ring is 1. The van der Waals surface area contributed by atoms with E-state index in [2.05, 4.69) is 66.4 Å². The molecule has 0 bridgehead atoms. The number of aliphatic hydroxyl groups is 1. The van der Waals surface area contributed by atoms with Crippen molar-refractivity contribution in [3.8, 4) is 6.19 Å². The van der Waals surface area contributed by atoms with E-state index in [1.54, 1.807) is 36.5 Å². The van der Waals surface area contributed by atoms with Crippen LogP contribution in [0.25, 0.3) is 0 Å². The van der Waals surface area contributed by atoms with Crippen LogP contribution in [0.4, 0.5) is 46.3 Å². The predicted octanol–water partition coefficient (Wildman–Crippen LogP) is 4.59. The van der Waals surface area contributed by atoms with Gasteiger partial charge in [-0.2, -0.15) is 25.3 Å². The minimum Gasteiger partial charge on any atom is -0.398 e.